The molecule has 6 nitrogen and oxygen atoms in total. The molecule has 6 heteroatoms. The van der Waals surface area contributed by atoms with Gasteiger partial charge in [0.2, 0.25) is 11.8 Å². The number of nitrogens with two attached hydrogens (primary N) is 1. The topological polar surface area (TPSA) is 93.4 Å². The Morgan fingerprint density at radius 1 is 1.13 bits per heavy atom. The minimum Gasteiger partial charge on any atom is -0.383 e. The SMILES string of the molecule is COCC(N)C(=O)NCC(=O)NCc1cccc2ccccc12. The Bertz CT molecular complexity index is 682. The maximum Gasteiger partial charge on any atom is 0.239 e. The van der Waals surface area contributed by atoms with Crippen LogP contribution < -0.4 is 16.4 Å². The van der Waals surface area contributed by atoms with Gasteiger partial charge in [-0.1, -0.05) is 42.5 Å². The van der Waals surface area contributed by atoms with Gasteiger partial charge in [-0.3, -0.25) is 9.59 Å². The van der Waals surface area contributed by atoms with Crippen LogP contribution in [0.5, 0.6) is 0 Å². The molecule has 2 aromatic rings. The summed E-state index contributed by atoms with van der Waals surface area (Å²) in [5.41, 5.74) is 6.60. The monoisotopic (exact) mass is 315 g/mol. The second kappa shape index (κ2) is 8.26. The molecule has 0 aliphatic rings. The Morgan fingerprint density at radius 3 is 2.65 bits per heavy atom. The largest absolute Gasteiger partial charge is 0.383 e. The highest BCUT2D eigenvalue weighted by Crippen LogP contribution is 2.18. The summed E-state index contributed by atoms with van der Waals surface area (Å²) in [4.78, 5) is 23.4. The Balaban J connectivity index is 1.85. The molecule has 2 rings (SSSR count). The van der Waals surface area contributed by atoms with Crippen LogP contribution in [0.3, 0.4) is 0 Å². The van der Waals surface area contributed by atoms with Crippen molar-refractivity contribution in [3.05, 3.63) is 48.0 Å². The van der Waals surface area contributed by atoms with Gasteiger partial charge >= 0.3 is 0 Å². The highest BCUT2D eigenvalue weighted by molar-refractivity contribution is 5.88. The Kier molecular flexibility index (Phi) is 6.08. The molecule has 0 saturated heterocycles. The summed E-state index contributed by atoms with van der Waals surface area (Å²) < 4.78 is 4.79. The summed E-state index contributed by atoms with van der Waals surface area (Å²) in [7, 11) is 1.46. The molecule has 0 fully saturated rings. The first-order valence-corrected chi connectivity index (χ1v) is 7.37. The lowest BCUT2D eigenvalue weighted by molar-refractivity contribution is -0.127. The van der Waals surface area contributed by atoms with Gasteiger partial charge in [-0.05, 0) is 16.3 Å². The molecule has 0 aromatic heterocycles. The van der Waals surface area contributed by atoms with E-state index in [2.05, 4.69) is 10.6 Å². The third-order valence-electron chi connectivity index (χ3n) is 3.46. The standard InChI is InChI=1S/C17H21N3O3/c1-23-11-15(18)17(22)20-10-16(21)19-9-13-7-4-6-12-5-2-3-8-14(12)13/h2-8,15H,9-11,18H2,1H3,(H,19,21)(H,20,22). The van der Waals surface area contributed by atoms with E-state index < -0.39 is 11.9 Å². The lowest BCUT2D eigenvalue weighted by Crippen LogP contribution is -2.46. The molecule has 0 spiro atoms. The molecule has 23 heavy (non-hydrogen) atoms. The van der Waals surface area contributed by atoms with Gasteiger partial charge < -0.3 is 21.1 Å². The Hall–Kier alpha value is -2.44. The molecule has 1 atom stereocenters. The molecule has 2 aromatic carbocycles. The van der Waals surface area contributed by atoms with Crippen LogP contribution in [0.2, 0.25) is 0 Å². The van der Waals surface area contributed by atoms with Crippen molar-refractivity contribution in [2.75, 3.05) is 20.3 Å². The van der Waals surface area contributed by atoms with Gasteiger partial charge in [0.05, 0.1) is 13.2 Å². The first-order chi connectivity index (χ1) is 11.1. The van der Waals surface area contributed by atoms with Gasteiger partial charge in [0, 0.05) is 13.7 Å². The third kappa shape index (κ3) is 4.77. The first kappa shape index (κ1) is 16.9. The van der Waals surface area contributed by atoms with E-state index in [4.69, 9.17) is 10.5 Å². The summed E-state index contributed by atoms with van der Waals surface area (Å²) in [6.45, 7) is 0.407. The number of methoxy groups -OCH3 is 1. The van der Waals surface area contributed by atoms with Crippen molar-refractivity contribution in [1.29, 1.82) is 0 Å². The number of benzene rings is 2. The Labute approximate surface area is 135 Å². The van der Waals surface area contributed by atoms with Crippen LogP contribution in [-0.2, 0) is 20.9 Å². The fourth-order valence-electron chi connectivity index (χ4n) is 2.26. The van der Waals surface area contributed by atoms with E-state index in [-0.39, 0.29) is 19.1 Å². The smallest absolute Gasteiger partial charge is 0.239 e. The van der Waals surface area contributed by atoms with Crippen molar-refractivity contribution in [3.8, 4) is 0 Å². The molecule has 0 heterocycles. The maximum atomic E-state index is 11.8. The molecule has 0 bridgehead atoms. The predicted molar refractivity (Wildman–Crippen MR) is 88.7 cm³/mol. The zero-order valence-electron chi connectivity index (χ0n) is 13.0. The Morgan fingerprint density at radius 2 is 1.87 bits per heavy atom. The number of fused-ring (bicyclic) bond motifs is 1. The highest BCUT2D eigenvalue weighted by atomic mass is 16.5. The van der Waals surface area contributed by atoms with Crippen LogP contribution in [0.4, 0.5) is 0 Å². The average molecular weight is 315 g/mol. The molecule has 0 saturated carbocycles. The van der Waals surface area contributed by atoms with Crippen molar-refractivity contribution in [3.63, 3.8) is 0 Å². The van der Waals surface area contributed by atoms with Gasteiger partial charge in [0.15, 0.2) is 0 Å². The minimum atomic E-state index is -0.772. The van der Waals surface area contributed by atoms with E-state index in [0.29, 0.717) is 6.54 Å². The molecule has 0 aliphatic heterocycles. The van der Waals surface area contributed by atoms with E-state index in [1.807, 2.05) is 42.5 Å². The number of rotatable bonds is 7. The van der Waals surface area contributed by atoms with Crippen LogP contribution in [0.15, 0.2) is 42.5 Å². The molecule has 0 radical (unpaired) electrons. The molecular weight excluding hydrogens is 294 g/mol. The maximum absolute atomic E-state index is 11.8. The van der Waals surface area contributed by atoms with E-state index in [1.54, 1.807) is 0 Å². The van der Waals surface area contributed by atoms with Crippen LogP contribution in [0, 0.1) is 0 Å². The van der Waals surface area contributed by atoms with Crippen LogP contribution in [0.1, 0.15) is 5.56 Å². The number of nitrogens with one attached hydrogen (secondary N) is 2. The van der Waals surface area contributed by atoms with Crippen molar-refractivity contribution in [2.45, 2.75) is 12.6 Å². The molecule has 0 aliphatic carbocycles. The lowest BCUT2D eigenvalue weighted by atomic mass is 10.0. The van der Waals surface area contributed by atoms with E-state index in [9.17, 15) is 9.59 Å². The van der Waals surface area contributed by atoms with Gasteiger partial charge in [-0.2, -0.15) is 0 Å². The van der Waals surface area contributed by atoms with Gasteiger partial charge in [-0.15, -0.1) is 0 Å². The van der Waals surface area contributed by atoms with E-state index in [1.165, 1.54) is 7.11 Å². The number of carbonyl (C=O) groups excluding carboxylic acids is 2. The first-order valence-electron chi connectivity index (χ1n) is 7.37. The minimum absolute atomic E-state index is 0.110. The molecule has 1 unspecified atom stereocenters. The van der Waals surface area contributed by atoms with Crippen LogP contribution in [0.25, 0.3) is 10.8 Å². The van der Waals surface area contributed by atoms with E-state index >= 15 is 0 Å². The predicted octanol–water partition coefficient (Wildman–Crippen LogP) is 0.546. The van der Waals surface area contributed by atoms with Crippen LogP contribution >= 0.6 is 0 Å². The molecule has 122 valence electrons. The molecule has 2 amide bonds. The normalized spacial score (nSPS) is 11.9. The fourth-order valence-corrected chi connectivity index (χ4v) is 2.26. The number of hydrogen-bond donors (Lipinski definition) is 3. The summed E-state index contributed by atoms with van der Waals surface area (Å²) in [6, 6.07) is 13.2. The van der Waals surface area contributed by atoms with Gasteiger partial charge in [-0.25, -0.2) is 0 Å². The molecule has 4 N–H and O–H groups in total. The van der Waals surface area contributed by atoms with Gasteiger partial charge in [0.25, 0.3) is 0 Å². The number of hydrogen-bond acceptors (Lipinski definition) is 4. The fraction of sp³-hybridized carbons (Fsp3) is 0.294. The zero-order valence-corrected chi connectivity index (χ0v) is 13.0. The van der Waals surface area contributed by atoms with Gasteiger partial charge in [0.1, 0.15) is 6.04 Å². The molecular formula is C17H21N3O3. The van der Waals surface area contributed by atoms with Crippen molar-refractivity contribution in [2.24, 2.45) is 5.73 Å². The number of carbonyl (C=O) groups is 2. The number of ether oxygens (including phenoxy) is 1. The summed E-state index contributed by atoms with van der Waals surface area (Å²) in [5.74, 6) is -0.678. The van der Waals surface area contributed by atoms with Crippen molar-refractivity contribution in [1.82, 2.24) is 10.6 Å². The summed E-state index contributed by atoms with van der Waals surface area (Å²) >= 11 is 0. The second-order valence-electron chi connectivity index (χ2n) is 5.19. The zero-order chi connectivity index (χ0) is 16.7. The van der Waals surface area contributed by atoms with E-state index in [0.717, 1.165) is 16.3 Å². The van der Waals surface area contributed by atoms with Crippen molar-refractivity contribution >= 4 is 22.6 Å². The summed E-state index contributed by atoms with van der Waals surface area (Å²) in [5, 5.41) is 7.50. The second-order valence-corrected chi connectivity index (χ2v) is 5.19. The van der Waals surface area contributed by atoms with Crippen LogP contribution in [-0.4, -0.2) is 38.1 Å². The summed E-state index contributed by atoms with van der Waals surface area (Å²) in [6.07, 6.45) is 0. The third-order valence-corrected chi connectivity index (χ3v) is 3.46. The average Bonchev–Trinajstić information content (AvgIpc) is 2.57. The van der Waals surface area contributed by atoms with Crippen molar-refractivity contribution < 1.29 is 14.3 Å². The number of amides is 2. The highest BCUT2D eigenvalue weighted by Gasteiger charge is 2.13. The lowest BCUT2D eigenvalue weighted by Gasteiger charge is -2.12. The quantitative estimate of drug-likeness (QED) is 0.695.